The van der Waals surface area contributed by atoms with Crippen molar-refractivity contribution < 1.29 is 27.2 Å². The normalized spacial score (nSPS) is 22.7. The maximum absolute atomic E-state index is 11.7. The zero-order valence-corrected chi connectivity index (χ0v) is 21.4. The Morgan fingerprint density at radius 3 is 2.03 bits per heavy atom. The molecule has 1 aliphatic carbocycles. The molecule has 2 aliphatic rings. The van der Waals surface area contributed by atoms with Gasteiger partial charge in [0, 0.05) is 0 Å². The van der Waals surface area contributed by atoms with Crippen molar-refractivity contribution in [2.24, 2.45) is 0 Å². The van der Waals surface area contributed by atoms with E-state index in [0.717, 1.165) is 34.1 Å². The summed E-state index contributed by atoms with van der Waals surface area (Å²) in [6.45, 7) is 3.05. The SMILES string of the molecule is CC1(C)O[C@H]([C@@H](CO)NC2(c3ccccc3)c3ccccc3-c3ccccc32)[C@@H](COS(C)(=O)=O)O1. The van der Waals surface area contributed by atoms with Crippen LogP contribution in [-0.4, -0.2) is 57.0 Å². The minimum atomic E-state index is -3.68. The summed E-state index contributed by atoms with van der Waals surface area (Å²) in [6, 6.07) is 26.0. The first kappa shape index (κ1) is 25.1. The molecular formula is C28H31NO6S. The van der Waals surface area contributed by atoms with Crippen LogP contribution in [0.2, 0.25) is 0 Å². The Kier molecular flexibility index (Phi) is 6.53. The molecule has 1 saturated heterocycles. The van der Waals surface area contributed by atoms with Gasteiger partial charge in [0.05, 0.1) is 31.1 Å². The predicted molar refractivity (Wildman–Crippen MR) is 137 cm³/mol. The van der Waals surface area contributed by atoms with E-state index < -0.39 is 39.7 Å². The van der Waals surface area contributed by atoms with Crippen molar-refractivity contribution in [3.63, 3.8) is 0 Å². The van der Waals surface area contributed by atoms with Gasteiger partial charge in [-0.05, 0) is 41.7 Å². The Morgan fingerprint density at radius 2 is 1.47 bits per heavy atom. The molecule has 5 rings (SSSR count). The highest BCUT2D eigenvalue weighted by atomic mass is 32.2. The third-order valence-electron chi connectivity index (χ3n) is 6.82. The van der Waals surface area contributed by atoms with Crippen LogP contribution in [0.1, 0.15) is 30.5 Å². The van der Waals surface area contributed by atoms with Crippen molar-refractivity contribution >= 4 is 10.1 Å². The van der Waals surface area contributed by atoms with Crippen LogP contribution in [0.4, 0.5) is 0 Å². The molecule has 36 heavy (non-hydrogen) atoms. The maximum Gasteiger partial charge on any atom is 0.264 e. The second-order valence-corrected chi connectivity index (χ2v) is 11.4. The maximum atomic E-state index is 11.7. The number of rotatable bonds is 8. The van der Waals surface area contributed by atoms with E-state index in [-0.39, 0.29) is 13.2 Å². The topological polar surface area (TPSA) is 94.1 Å². The first-order valence-corrected chi connectivity index (χ1v) is 13.8. The zero-order chi connectivity index (χ0) is 25.6. The molecule has 2 N–H and O–H groups in total. The first-order chi connectivity index (χ1) is 17.1. The first-order valence-electron chi connectivity index (χ1n) is 12.0. The van der Waals surface area contributed by atoms with E-state index in [4.69, 9.17) is 13.7 Å². The van der Waals surface area contributed by atoms with Crippen LogP contribution >= 0.6 is 0 Å². The number of aliphatic hydroxyl groups is 1. The van der Waals surface area contributed by atoms with Gasteiger partial charge in [-0.15, -0.1) is 0 Å². The van der Waals surface area contributed by atoms with E-state index in [1.807, 2.05) is 42.5 Å². The summed E-state index contributed by atoms with van der Waals surface area (Å²) in [4.78, 5) is 0. The highest BCUT2D eigenvalue weighted by Crippen LogP contribution is 2.51. The monoisotopic (exact) mass is 509 g/mol. The highest BCUT2D eigenvalue weighted by molar-refractivity contribution is 7.85. The summed E-state index contributed by atoms with van der Waals surface area (Å²) in [7, 11) is -3.68. The van der Waals surface area contributed by atoms with Crippen LogP contribution in [0.15, 0.2) is 78.9 Å². The lowest BCUT2D eigenvalue weighted by Gasteiger charge is -2.39. The number of fused-ring (bicyclic) bond motifs is 3. The Morgan fingerprint density at radius 1 is 0.917 bits per heavy atom. The van der Waals surface area contributed by atoms with E-state index in [1.54, 1.807) is 13.8 Å². The van der Waals surface area contributed by atoms with Gasteiger partial charge >= 0.3 is 0 Å². The van der Waals surface area contributed by atoms with Crippen molar-refractivity contribution in [2.75, 3.05) is 19.5 Å². The van der Waals surface area contributed by atoms with E-state index in [2.05, 4.69) is 41.7 Å². The summed E-state index contributed by atoms with van der Waals surface area (Å²) in [6.07, 6.45) is -0.381. The Labute approximate surface area is 212 Å². The summed E-state index contributed by atoms with van der Waals surface area (Å²) in [5.74, 6) is -0.975. The van der Waals surface area contributed by atoms with Crippen LogP contribution in [-0.2, 0) is 29.3 Å². The van der Waals surface area contributed by atoms with Gasteiger partial charge in [0.25, 0.3) is 10.1 Å². The molecule has 0 saturated carbocycles. The standard InChI is InChI=1S/C28H31NO6S/c1-27(2)34-25(18-33-36(3,31)32)26(35-27)24(17-30)29-28(19-11-5-4-6-12-19)22-15-9-7-13-20(22)21-14-8-10-16-23(21)28/h4-16,24-26,29-30H,17-18H2,1-3H3/t24-,25-,26-/m1/s1. The number of nitrogens with one attached hydrogen (secondary N) is 1. The molecule has 3 aromatic rings. The molecule has 1 aliphatic heterocycles. The van der Waals surface area contributed by atoms with E-state index in [9.17, 15) is 13.5 Å². The van der Waals surface area contributed by atoms with Gasteiger partial charge in [0.2, 0.25) is 0 Å². The Hall–Kier alpha value is -2.59. The van der Waals surface area contributed by atoms with Crippen LogP contribution < -0.4 is 5.32 Å². The number of aliphatic hydroxyl groups excluding tert-OH is 1. The fourth-order valence-corrected chi connectivity index (χ4v) is 5.89. The van der Waals surface area contributed by atoms with Crippen LogP contribution in [0.3, 0.4) is 0 Å². The number of hydrogen-bond acceptors (Lipinski definition) is 7. The van der Waals surface area contributed by atoms with E-state index >= 15 is 0 Å². The van der Waals surface area contributed by atoms with Gasteiger partial charge in [-0.3, -0.25) is 9.50 Å². The largest absolute Gasteiger partial charge is 0.395 e. The Bertz CT molecular complexity index is 1300. The minimum Gasteiger partial charge on any atom is -0.395 e. The molecule has 1 fully saturated rings. The summed E-state index contributed by atoms with van der Waals surface area (Å²) < 4.78 is 40.7. The molecule has 7 nitrogen and oxygen atoms in total. The van der Waals surface area contributed by atoms with Crippen LogP contribution in [0.5, 0.6) is 0 Å². The fraction of sp³-hybridized carbons (Fsp3) is 0.357. The van der Waals surface area contributed by atoms with Gasteiger partial charge < -0.3 is 14.6 Å². The fourth-order valence-electron chi connectivity index (χ4n) is 5.51. The number of hydrogen-bond donors (Lipinski definition) is 2. The Balaban J connectivity index is 1.62. The number of ether oxygens (including phenoxy) is 2. The van der Waals surface area contributed by atoms with Gasteiger partial charge in [-0.1, -0.05) is 78.9 Å². The van der Waals surface area contributed by atoms with Crippen molar-refractivity contribution in [1.29, 1.82) is 0 Å². The minimum absolute atomic E-state index is 0.212. The molecule has 0 amide bonds. The molecule has 0 unspecified atom stereocenters. The highest BCUT2D eigenvalue weighted by Gasteiger charge is 2.51. The van der Waals surface area contributed by atoms with Crippen molar-refractivity contribution in [2.45, 2.75) is 43.4 Å². The number of benzene rings is 3. The smallest absolute Gasteiger partial charge is 0.264 e. The molecule has 0 aromatic heterocycles. The lowest BCUT2D eigenvalue weighted by molar-refractivity contribution is -0.151. The van der Waals surface area contributed by atoms with Gasteiger partial charge in [0.1, 0.15) is 12.2 Å². The van der Waals surface area contributed by atoms with Crippen LogP contribution in [0.25, 0.3) is 11.1 Å². The molecule has 0 radical (unpaired) electrons. The summed E-state index contributed by atoms with van der Waals surface area (Å²) in [5, 5.41) is 14.4. The molecular weight excluding hydrogens is 478 g/mol. The quantitative estimate of drug-likeness (QED) is 0.450. The molecule has 8 heteroatoms. The third kappa shape index (κ3) is 4.49. The second kappa shape index (κ2) is 9.37. The second-order valence-electron chi connectivity index (χ2n) is 9.77. The van der Waals surface area contributed by atoms with E-state index in [0.29, 0.717) is 0 Å². The van der Waals surface area contributed by atoms with Gasteiger partial charge in [0.15, 0.2) is 5.79 Å². The predicted octanol–water partition coefficient (Wildman–Crippen LogP) is 3.41. The van der Waals surface area contributed by atoms with Crippen molar-refractivity contribution in [1.82, 2.24) is 5.32 Å². The molecule has 190 valence electrons. The van der Waals surface area contributed by atoms with E-state index in [1.165, 1.54) is 0 Å². The summed E-state index contributed by atoms with van der Waals surface area (Å²) >= 11 is 0. The van der Waals surface area contributed by atoms with Gasteiger partial charge in [-0.25, -0.2) is 0 Å². The summed E-state index contributed by atoms with van der Waals surface area (Å²) in [5.41, 5.74) is 4.60. The van der Waals surface area contributed by atoms with Gasteiger partial charge in [-0.2, -0.15) is 8.42 Å². The van der Waals surface area contributed by atoms with Crippen LogP contribution in [0, 0.1) is 0 Å². The molecule has 3 aromatic carbocycles. The third-order valence-corrected chi connectivity index (χ3v) is 7.39. The average Bonchev–Trinajstić information content (AvgIpc) is 3.33. The molecule has 0 spiro atoms. The lowest BCUT2D eigenvalue weighted by atomic mass is 9.79. The molecule has 1 heterocycles. The van der Waals surface area contributed by atoms with Crippen molar-refractivity contribution in [3.8, 4) is 11.1 Å². The molecule has 0 bridgehead atoms. The van der Waals surface area contributed by atoms with Crippen molar-refractivity contribution in [3.05, 3.63) is 95.6 Å². The average molecular weight is 510 g/mol. The lowest BCUT2D eigenvalue weighted by Crippen LogP contribution is -2.57. The zero-order valence-electron chi connectivity index (χ0n) is 20.5. The molecule has 3 atom stereocenters.